The van der Waals surface area contributed by atoms with Crippen LogP contribution in [0, 0.1) is 5.92 Å². The van der Waals surface area contributed by atoms with E-state index in [9.17, 15) is 0 Å². The van der Waals surface area contributed by atoms with Gasteiger partial charge in [0.1, 0.15) is 5.75 Å². The van der Waals surface area contributed by atoms with Gasteiger partial charge in [-0.25, -0.2) is 0 Å². The number of anilines is 2. The van der Waals surface area contributed by atoms with Gasteiger partial charge in [0.05, 0.1) is 18.0 Å². The molecule has 0 saturated heterocycles. The smallest absolute Gasteiger partial charge is 0.144 e. The van der Waals surface area contributed by atoms with Crippen molar-refractivity contribution >= 4 is 11.4 Å². The van der Waals surface area contributed by atoms with Crippen molar-refractivity contribution in [3.63, 3.8) is 0 Å². The maximum atomic E-state index is 6.21. The average Bonchev–Trinajstić information content (AvgIpc) is 2.49. The number of hydrogen-bond acceptors (Lipinski definition) is 3. The van der Waals surface area contributed by atoms with Crippen molar-refractivity contribution in [1.29, 1.82) is 0 Å². The molecule has 1 aliphatic rings. The van der Waals surface area contributed by atoms with Crippen LogP contribution in [-0.2, 0) is 0 Å². The topological polar surface area (TPSA) is 47.3 Å². The Bertz CT molecular complexity index is 413. The van der Waals surface area contributed by atoms with Gasteiger partial charge in [-0.05, 0) is 44.2 Å². The zero-order chi connectivity index (χ0) is 14.4. The van der Waals surface area contributed by atoms with Crippen LogP contribution in [0.5, 0.6) is 5.75 Å². The Morgan fingerprint density at radius 2 is 2.00 bits per heavy atom. The molecular weight excluding hydrogens is 248 g/mol. The van der Waals surface area contributed by atoms with Crippen LogP contribution < -0.4 is 15.8 Å². The van der Waals surface area contributed by atoms with Crippen LogP contribution in [0.15, 0.2) is 18.2 Å². The highest BCUT2D eigenvalue weighted by atomic mass is 16.5. The highest BCUT2D eigenvalue weighted by molar-refractivity contribution is 5.73. The van der Waals surface area contributed by atoms with Crippen LogP contribution in [0.25, 0.3) is 0 Å². The van der Waals surface area contributed by atoms with Crippen LogP contribution in [0.4, 0.5) is 11.4 Å². The van der Waals surface area contributed by atoms with E-state index in [0.717, 1.165) is 29.5 Å². The average molecular weight is 276 g/mol. The van der Waals surface area contributed by atoms with E-state index in [1.807, 2.05) is 19.1 Å². The lowest BCUT2D eigenvalue weighted by molar-refractivity contribution is 0.313. The van der Waals surface area contributed by atoms with E-state index in [-0.39, 0.29) is 0 Å². The summed E-state index contributed by atoms with van der Waals surface area (Å²) in [5.74, 6) is 1.57. The molecule has 112 valence electrons. The van der Waals surface area contributed by atoms with Crippen LogP contribution >= 0.6 is 0 Å². The maximum Gasteiger partial charge on any atom is 0.144 e. The summed E-state index contributed by atoms with van der Waals surface area (Å²) in [6.45, 7) is 4.89. The summed E-state index contributed by atoms with van der Waals surface area (Å²) in [4.78, 5) is 0. The number of rotatable bonds is 6. The van der Waals surface area contributed by atoms with E-state index in [1.54, 1.807) is 0 Å². The number of hydrogen-bond donors (Lipinski definition) is 2. The Hall–Kier alpha value is -1.38. The lowest BCUT2D eigenvalue weighted by atomic mass is 9.83. The van der Waals surface area contributed by atoms with Crippen LogP contribution in [-0.4, -0.2) is 12.6 Å². The quantitative estimate of drug-likeness (QED) is 0.755. The Morgan fingerprint density at radius 3 is 2.65 bits per heavy atom. The van der Waals surface area contributed by atoms with Gasteiger partial charge in [0.15, 0.2) is 0 Å². The molecule has 1 fully saturated rings. The Balaban J connectivity index is 2.08. The number of ether oxygens (including phenoxy) is 1. The van der Waals surface area contributed by atoms with Gasteiger partial charge in [-0.3, -0.25) is 0 Å². The summed E-state index contributed by atoms with van der Waals surface area (Å²) in [7, 11) is 0. The van der Waals surface area contributed by atoms with Gasteiger partial charge in [0.25, 0.3) is 0 Å². The van der Waals surface area contributed by atoms with E-state index in [2.05, 4.69) is 18.3 Å². The fraction of sp³-hybridized carbons (Fsp3) is 0.647. The zero-order valence-corrected chi connectivity index (χ0v) is 12.8. The molecule has 3 heteroatoms. The highest BCUT2D eigenvalue weighted by Crippen LogP contribution is 2.34. The third-order valence-corrected chi connectivity index (χ3v) is 4.37. The standard InChI is InChI=1S/C17H28N2O/c1-3-14(13-9-6-5-7-10-13)19-15-11-8-12-16(17(15)18)20-4-2/h8,11-14,19H,3-7,9-10,18H2,1-2H3. The van der Waals surface area contributed by atoms with Gasteiger partial charge in [0.2, 0.25) is 0 Å². The van der Waals surface area contributed by atoms with Crippen molar-refractivity contribution in [2.24, 2.45) is 5.92 Å². The number of nitrogens with one attached hydrogen (secondary N) is 1. The normalized spacial score (nSPS) is 17.7. The van der Waals surface area contributed by atoms with E-state index < -0.39 is 0 Å². The Morgan fingerprint density at radius 1 is 1.25 bits per heavy atom. The van der Waals surface area contributed by atoms with Gasteiger partial charge in [-0.2, -0.15) is 0 Å². The van der Waals surface area contributed by atoms with Crippen molar-refractivity contribution in [3.8, 4) is 5.75 Å². The largest absolute Gasteiger partial charge is 0.492 e. The van der Waals surface area contributed by atoms with Gasteiger partial charge >= 0.3 is 0 Å². The van der Waals surface area contributed by atoms with Crippen LogP contribution in [0.3, 0.4) is 0 Å². The molecule has 0 aliphatic heterocycles. The Kier molecular flexibility index (Phi) is 5.57. The van der Waals surface area contributed by atoms with E-state index >= 15 is 0 Å². The first kappa shape index (κ1) is 15.0. The van der Waals surface area contributed by atoms with Gasteiger partial charge in [-0.15, -0.1) is 0 Å². The summed E-state index contributed by atoms with van der Waals surface area (Å²) >= 11 is 0. The van der Waals surface area contributed by atoms with Crippen LogP contribution in [0.1, 0.15) is 52.4 Å². The van der Waals surface area contributed by atoms with Gasteiger partial charge in [0, 0.05) is 6.04 Å². The molecule has 0 radical (unpaired) electrons. The molecule has 0 bridgehead atoms. The summed E-state index contributed by atoms with van der Waals surface area (Å²) in [6.07, 6.45) is 7.97. The van der Waals surface area contributed by atoms with Crippen LogP contribution in [0.2, 0.25) is 0 Å². The second kappa shape index (κ2) is 7.41. The van der Waals surface area contributed by atoms with Crippen molar-refractivity contribution in [3.05, 3.63) is 18.2 Å². The highest BCUT2D eigenvalue weighted by Gasteiger charge is 2.22. The SMILES string of the molecule is CCOc1cccc(NC(CC)C2CCCCC2)c1N. The van der Waals surface area contributed by atoms with Gasteiger partial charge < -0.3 is 15.8 Å². The molecule has 20 heavy (non-hydrogen) atoms. The minimum atomic E-state index is 0.523. The fourth-order valence-electron chi connectivity index (χ4n) is 3.24. The van der Waals surface area contributed by atoms with Crippen molar-refractivity contribution in [2.45, 2.75) is 58.4 Å². The summed E-state index contributed by atoms with van der Waals surface area (Å²) in [5, 5.41) is 3.66. The molecule has 0 aromatic heterocycles. The van der Waals surface area contributed by atoms with E-state index in [0.29, 0.717) is 12.6 Å². The van der Waals surface area contributed by atoms with Crippen molar-refractivity contribution in [2.75, 3.05) is 17.7 Å². The molecule has 1 unspecified atom stereocenters. The molecule has 1 aromatic carbocycles. The number of nitrogens with two attached hydrogens (primary N) is 1. The Labute approximate surface area is 122 Å². The third kappa shape index (κ3) is 3.59. The molecule has 0 amide bonds. The fourth-order valence-corrected chi connectivity index (χ4v) is 3.24. The van der Waals surface area contributed by atoms with Crippen molar-refractivity contribution < 1.29 is 4.74 Å². The monoisotopic (exact) mass is 276 g/mol. The van der Waals surface area contributed by atoms with E-state index in [4.69, 9.17) is 10.5 Å². The van der Waals surface area contributed by atoms with Crippen molar-refractivity contribution in [1.82, 2.24) is 0 Å². The molecular formula is C17H28N2O. The summed E-state index contributed by atoms with van der Waals surface area (Å²) in [5.41, 5.74) is 7.98. The minimum absolute atomic E-state index is 0.523. The number of benzene rings is 1. The molecule has 1 saturated carbocycles. The van der Waals surface area contributed by atoms with Gasteiger partial charge in [-0.1, -0.05) is 32.3 Å². The lowest BCUT2D eigenvalue weighted by Crippen LogP contribution is -2.30. The molecule has 0 spiro atoms. The number of para-hydroxylation sites is 1. The second-order valence-electron chi connectivity index (χ2n) is 5.71. The number of nitrogen functional groups attached to an aromatic ring is 1. The zero-order valence-electron chi connectivity index (χ0n) is 12.8. The predicted molar refractivity (Wildman–Crippen MR) is 86.3 cm³/mol. The predicted octanol–water partition coefficient (Wildman–Crippen LogP) is 4.44. The first-order valence-electron chi connectivity index (χ1n) is 8.04. The third-order valence-electron chi connectivity index (χ3n) is 4.37. The lowest BCUT2D eigenvalue weighted by Gasteiger charge is -2.31. The molecule has 3 N–H and O–H groups in total. The second-order valence-corrected chi connectivity index (χ2v) is 5.71. The molecule has 1 aliphatic carbocycles. The first-order chi connectivity index (χ1) is 9.76. The van der Waals surface area contributed by atoms with E-state index in [1.165, 1.54) is 32.1 Å². The minimum Gasteiger partial charge on any atom is -0.492 e. The molecule has 1 aromatic rings. The summed E-state index contributed by atoms with van der Waals surface area (Å²) < 4.78 is 5.57. The maximum absolute atomic E-state index is 6.21. The molecule has 1 atom stereocenters. The molecule has 2 rings (SSSR count). The summed E-state index contributed by atoms with van der Waals surface area (Å²) in [6, 6.07) is 6.53. The molecule has 0 heterocycles. The first-order valence-corrected chi connectivity index (χ1v) is 8.04. The molecule has 3 nitrogen and oxygen atoms in total.